The van der Waals surface area contributed by atoms with Crippen LogP contribution < -0.4 is 5.32 Å². The molecule has 5 nitrogen and oxygen atoms in total. The molecule has 1 amide bonds. The van der Waals surface area contributed by atoms with Gasteiger partial charge in [0.25, 0.3) is 0 Å². The zero-order valence-corrected chi connectivity index (χ0v) is 14.6. The maximum atomic E-state index is 12.2. The average Bonchev–Trinajstić information content (AvgIpc) is 2.90. The lowest BCUT2D eigenvalue weighted by atomic mass is 9.95. The van der Waals surface area contributed by atoms with E-state index in [-0.39, 0.29) is 11.7 Å². The molecule has 0 aliphatic carbocycles. The first-order valence-corrected chi connectivity index (χ1v) is 8.31. The molecular formula is C17H21N3O2S. The Morgan fingerprint density at radius 2 is 1.87 bits per heavy atom. The maximum Gasteiger partial charge on any atom is 0.229 e. The molecule has 1 aromatic heterocycles. The van der Waals surface area contributed by atoms with Crippen LogP contribution in [0.5, 0.6) is 0 Å². The number of hydrogen-bond donors (Lipinski definition) is 1. The van der Waals surface area contributed by atoms with Crippen molar-refractivity contribution in [3.05, 3.63) is 42.2 Å². The number of amides is 1. The van der Waals surface area contributed by atoms with Crippen LogP contribution in [0.3, 0.4) is 0 Å². The van der Waals surface area contributed by atoms with E-state index < -0.39 is 5.41 Å². The minimum absolute atomic E-state index is 0.0340. The van der Waals surface area contributed by atoms with Gasteiger partial charge in [-0.2, -0.15) is 0 Å². The van der Waals surface area contributed by atoms with Crippen LogP contribution in [0.1, 0.15) is 31.1 Å². The number of ketones is 1. The highest BCUT2D eigenvalue weighted by atomic mass is 32.2. The molecule has 1 aromatic carbocycles. The van der Waals surface area contributed by atoms with Crippen molar-refractivity contribution in [2.24, 2.45) is 12.5 Å². The SMILES string of the molecule is Cn1ccnc1SCC(=O)c1ccc(NC(=O)C(C)(C)C)cc1. The highest BCUT2D eigenvalue weighted by Gasteiger charge is 2.21. The lowest BCUT2D eigenvalue weighted by Gasteiger charge is -2.17. The van der Waals surface area contributed by atoms with Crippen LogP contribution in [-0.2, 0) is 11.8 Å². The van der Waals surface area contributed by atoms with Crippen molar-refractivity contribution in [3.8, 4) is 0 Å². The van der Waals surface area contributed by atoms with Crippen molar-refractivity contribution in [1.29, 1.82) is 0 Å². The van der Waals surface area contributed by atoms with E-state index in [1.54, 1.807) is 30.5 Å². The third-order valence-electron chi connectivity index (χ3n) is 3.26. The number of rotatable bonds is 5. The Labute approximate surface area is 140 Å². The van der Waals surface area contributed by atoms with Crippen molar-refractivity contribution in [3.63, 3.8) is 0 Å². The Hall–Kier alpha value is -2.08. The van der Waals surface area contributed by atoms with Crippen LogP contribution in [0.25, 0.3) is 0 Å². The van der Waals surface area contributed by atoms with Crippen LogP contribution in [0.15, 0.2) is 41.8 Å². The number of anilines is 1. The zero-order valence-electron chi connectivity index (χ0n) is 13.8. The minimum Gasteiger partial charge on any atom is -0.329 e. The van der Waals surface area contributed by atoms with Gasteiger partial charge in [0.2, 0.25) is 5.91 Å². The van der Waals surface area contributed by atoms with Gasteiger partial charge < -0.3 is 9.88 Å². The van der Waals surface area contributed by atoms with Gasteiger partial charge >= 0.3 is 0 Å². The molecule has 23 heavy (non-hydrogen) atoms. The van der Waals surface area contributed by atoms with Gasteiger partial charge in [-0.1, -0.05) is 32.5 Å². The topological polar surface area (TPSA) is 64.0 Å². The Morgan fingerprint density at radius 1 is 1.22 bits per heavy atom. The van der Waals surface area contributed by atoms with Gasteiger partial charge in [0.1, 0.15) is 0 Å². The van der Waals surface area contributed by atoms with E-state index in [0.717, 1.165) is 5.16 Å². The summed E-state index contributed by atoms with van der Waals surface area (Å²) in [6.45, 7) is 5.57. The molecule has 0 saturated carbocycles. The van der Waals surface area contributed by atoms with Gasteiger partial charge in [-0.15, -0.1) is 0 Å². The number of Topliss-reactive ketones (excluding diaryl/α,β-unsaturated/α-hetero) is 1. The first kappa shape index (κ1) is 17.3. The summed E-state index contributed by atoms with van der Waals surface area (Å²) in [4.78, 5) is 28.3. The van der Waals surface area contributed by atoms with E-state index in [1.165, 1.54) is 11.8 Å². The van der Waals surface area contributed by atoms with Crippen molar-refractivity contribution in [2.75, 3.05) is 11.1 Å². The van der Waals surface area contributed by atoms with Crippen molar-refractivity contribution >= 4 is 29.1 Å². The molecule has 0 radical (unpaired) electrons. The molecule has 0 spiro atoms. The second-order valence-corrected chi connectivity index (χ2v) is 7.26. The maximum absolute atomic E-state index is 12.2. The van der Waals surface area contributed by atoms with Crippen molar-refractivity contribution in [2.45, 2.75) is 25.9 Å². The highest BCUT2D eigenvalue weighted by molar-refractivity contribution is 7.99. The molecule has 0 aliphatic rings. The largest absolute Gasteiger partial charge is 0.329 e. The van der Waals surface area contributed by atoms with Gasteiger partial charge in [0.15, 0.2) is 10.9 Å². The summed E-state index contributed by atoms with van der Waals surface area (Å²) in [6.07, 6.45) is 3.55. The monoisotopic (exact) mass is 331 g/mol. The summed E-state index contributed by atoms with van der Waals surface area (Å²) in [5.41, 5.74) is 0.867. The molecule has 2 rings (SSSR count). The molecule has 0 fully saturated rings. The van der Waals surface area contributed by atoms with Gasteiger partial charge in [-0.3, -0.25) is 9.59 Å². The second-order valence-electron chi connectivity index (χ2n) is 6.31. The van der Waals surface area contributed by atoms with E-state index in [1.807, 2.05) is 38.6 Å². The molecule has 1 heterocycles. The quantitative estimate of drug-likeness (QED) is 0.674. The third kappa shape index (κ3) is 4.69. The van der Waals surface area contributed by atoms with Crippen molar-refractivity contribution in [1.82, 2.24) is 9.55 Å². The predicted octanol–water partition coefficient (Wildman–Crippen LogP) is 3.38. The predicted molar refractivity (Wildman–Crippen MR) is 92.8 cm³/mol. The zero-order chi connectivity index (χ0) is 17.0. The number of nitrogens with zero attached hydrogens (tertiary/aromatic N) is 2. The fraction of sp³-hybridized carbons (Fsp3) is 0.353. The molecular weight excluding hydrogens is 310 g/mol. The number of carbonyl (C=O) groups excluding carboxylic acids is 2. The van der Waals surface area contributed by atoms with Gasteiger partial charge in [-0.05, 0) is 24.3 Å². The van der Waals surface area contributed by atoms with Crippen molar-refractivity contribution < 1.29 is 9.59 Å². The lowest BCUT2D eigenvalue weighted by molar-refractivity contribution is -0.123. The Bertz CT molecular complexity index is 699. The molecule has 6 heteroatoms. The number of hydrogen-bond acceptors (Lipinski definition) is 4. The fourth-order valence-corrected chi connectivity index (χ4v) is 2.59. The van der Waals surface area contributed by atoms with Gasteiger partial charge in [0, 0.05) is 36.1 Å². The first-order chi connectivity index (χ1) is 10.8. The molecule has 0 unspecified atom stereocenters. The average molecular weight is 331 g/mol. The van der Waals surface area contributed by atoms with Crippen LogP contribution in [0.4, 0.5) is 5.69 Å². The lowest BCUT2D eigenvalue weighted by Crippen LogP contribution is -2.27. The van der Waals surface area contributed by atoms with E-state index in [4.69, 9.17) is 0 Å². The number of thioether (sulfide) groups is 1. The number of aromatic nitrogens is 2. The number of aryl methyl sites for hydroxylation is 1. The fourth-order valence-electron chi connectivity index (χ4n) is 1.76. The molecule has 0 atom stereocenters. The molecule has 122 valence electrons. The summed E-state index contributed by atoms with van der Waals surface area (Å²) in [6, 6.07) is 6.98. The summed E-state index contributed by atoms with van der Waals surface area (Å²) in [5.74, 6) is 0.312. The Kier molecular flexibility index (Phi) is 5.26. The summed E-state index contributed by atoms with van der Waals surface area (Å²) in [5, 5.41) is 3.65. The molecule has 2 aromatic rings. The first-order valence-electron chi connectivity index (χ1n) is 7.32. The smallest absolute Gasteiger partial charge is 0.229 e. The highest BCUT2D eigenvalue weighted by Crippen LogP contribution is 2.19. The second kappa shape index (κ2) is 7.00. The Morgan fingerprint density at radius 3 is 2.39 bits per heavy atom. The molecule has 0 aliphatic heterocycles. The number of imidazole rings is 1. The number of benzene rings is 1. The third-order valence-corrected chi connectivity index (χ3v) is 4.31. The summed E-state index contributed by atoms with van der Waals surface area (Å²) >= 11 is 1.41. The van der Waals surface area contributed by atoms with Crippen LogP contribution >= 0.6 is 11.8 Å². The van der Waals surface area contributed by atoms with E-state index >= 15 is 0 Å². The van der Waals surface area contributed by atoms with Crippen LogP contribution in [-0.4, -0.2) is 27.0 Å². The minimum atomic E-state index is -0.451. The van der Waals surface area contributed by atoms with E-state index in [9.17, 15) is 9.59 Å². The van der Waals surface area contributed by atoms with E-state index in [0.29, 0.717) is 17.0 Å². The molecule has 1 N–H and O–H groups in total. The summed E-state index contributed by atoms with van der Waals surface area (Å²) < 4.78 is 1.88. The van der Waals surface area contributed by atoms with Gasteiger partial charge in [0.05, 0.1) is 5.75 Å². The van der Waals surface area contributed by atoms with Crippen LogP contribution in [0, 0.1) is 5.41 Å². The van der Waals surface area contributed by atoms with E-state index in [2.05, 4.69) is 10.3 Å². The number of nitrogens with one attached hydrogen (secondary N) is 1. The molecule has 0 saturated heterocycles. The number of carbonyl (C=O) groups is 2. The van der Waals surface area contributed by atoms with Crippen LogP contribution in [0.2, 0.25) is 0 Å². The Balaban J connectivity index is 1.95. The summed E-state index contributed by atoms with van der Waals surface area (Å²) in [7, 11) is 1.90. The standard InChI is InChI=1S/C17H21N3O2S/c1-17(2,3)15(22)19-13-7-5-12(6-8-13)14(21)11-23-16-18-9-10-20(16)4/h5-10H,11H2,1-4H3,(H,19,22). The molecule has 0 bridgehead atoms. The normalized spacial score (nSPS) is 11.3. The van der Waals surface area contributed by atoms with Gasteiger partial charge in [-0.25, -0.2) is 4.98 Å².